The zero-order valence-electron chi connectivity index (χ0n) is 16.7. The minimum Gasteiger partial charge on any atom is -0.375 e. The lowest BCUT2D eigenvalue weighted by Gasteiger charge is -2.32. The van der Waals surface area contributed by atoms with E-state index < -0.39 is 0 Å². The number of nitrogens with one attached hydrogen (secondary N) is 1. The molecule has 1 aliphatic rings. The molecule has 1 aromatic carbocycles. The first-order valence-corrected chi connectivity index (χ1v) is 10.3. The molecule has 0 radical (unpaired) electrons. The molecule has 0 spiro atoms. The van der Waals surface area contributed by atoms with Crippen LogP contribution in [0.5, 0.6) is 0 Å². The summed E-state index contributed by atoms with van der Waals surface area (Å²) in [4.78, 5) is 13.4. The van der Waals surface area contributed by atoms with Crippen molar-refractivity contribution >= 4 is 27.7 Å². The lowest BCUT2D eigenvalue weighted by Crippen LogP contribution is -2.41. The van der Waals surface area contributed by atoms with Crippen LogP contribution in [0.2, 0.25) is 0 Å². The number of morpholine rings is 1. The van der Waals surface area contributed by atoms with E-state index in [2.05, 4.69) is 72.2 Å². The summed E-state index contributed by atoms with van der Waals surface area (Å²) in [6, 6.07) is 12.4. The summed E-state index contributed by atoms with van der Waals surface area (Å²) in [5.41, 5.74) is 2.35. The van der Waals surface area contributed by atoms with Crippen molar-refractivity contribution in [2.75, 3.05) is 38.7 Å². The smallest absolute Gasteiger partial charge is 0.193 e. The topological polar surface area (TPSA) is 53.0 Å². The van der Waals surface area contributed by atoms with Gasteiger partial charge in [-0.3, -0.25) is 4.99 Å². The Morgan fingerprint density at radius 3 is 2.86 bits per heavy atom. The number of pyridine rings is 1. The SMILES string of the molecule is CN=C(NCc1ccc(N2CCOC(C)C2)nc1)N(C)Cc1ccccc1Br. The Hall–Kier alpha value is -2.12. The van der Waals surface area contributed by atoms with E-state index in [0.29, 0.717) is 6.54 Å². The Morgan fingerprint density at radius 1 is 1.36 bits per heavy atom. The van der Waals surface area contributed by atoms with Crippen LogP contribution in [0.4, 0.5) is 5.82 Å². The molecule has 6 nitrogen and oxygen atoms in total. The third kappa shape index (κ3) is 5.45. The molecule has 1 unspecified atom stereocenters. The second kappa shape index (κ2) is 9.89. The zero-order valence-corrected chi connectivity index (χ0v) is 18.3. The number of benzene rings is 1. The molecule has 150 valence electrons. The number of guanidine groups is 1. The lowest BCUT2D eigenvalue weighted by molar-refractivity contribution is 0.0529. The molecule has 0 aliphatic carbocycles. The van der Waals surface area contributed by atoms with Crippen LogP contribution in [-0.4, -0.2) is 55.7 Å². The second-order valence-corrected chi connectivity index (χ2v) is 7.85. The van der Waals surface area contributed by atoms with Crippen LogP contribution in [-0.2, 0) is 17.8 Å². The van der Waals surface area contributed by atoms with E-state index in [9.17, 15) is 0 Å². The fourth-order valence-electron chi connectivity index (χ4n) is 3.26. The molecular weight excluding hydrogens is 418 g/mol. The normalized spacial score (nSPS) is 17.5. The number of hydrogen-bond donors (Lipinski definition) is 1. The van der Waals surface area contributed by atoms with Crippen molar-refractivity contribution in [3.63, 3.8) is 0 Å². The quantitative estimate of drug-likeness (QED) is 0.565. The highest BCUT2D eigenvalue weighted by molar-refractivity contribution is 9.10. The Balaban J connectivity index is 1.55. The highest BCUT2D eigenvalue weighted by atomic mass is 79.9. The van der Waals surface area contributed by atoms with Crippen LogP contribution < -0.4 is 10.2 Å². The predicted octanol–water partition coefficient (Wildman–Crippen LogP) is 3.28. The van der Waals surface area contributed by atoms with Gasteiger partial charge in [0.15, 0.2) is 5.96 Å². The van der Waals surface area contributed by atoms with Crippen LogP contribution in [0.1, 0.15) is 18.1 Å². The van der Waals surface area contributed by atoms with Gasteiger partial charge in [-0.2, -0.15) is 0 Å². The van der Waals surface area contributed by atoms with Gasteiger partial charge in [-0.15, -0.1) is 0 Å². The van der Waals surface area contributed by atoms with E-state index in [4.69, 9.17) is 4.74 Å². The van der Waals surface area contributed by atoms with Crippen molar-refractivity contribution in [3.8, 4) is 0 Å². The van der Waals surface area contributed by atoms with E-state index in [1.54, 1.807) is 7.05 Å². The van der Waals surface area contributed by atoms with Crippen molar-refractivity contribution in [2.24, 2.45) is 4.99 Å². The second-order valence-electron chi connectivity index (χ2n) is 7.00. The lowest BCUT2D eigenvalue weighted by atomic mass is 10.2. The van der Waals surface area contributed by atoms with Crippen molar-refractivity contribution in [2.45, 2.75) is 26.1 Å². The minimum atomic E-state index is 0.250. The molecule has 1 aromatic heterocycles. The number of aromatic nitrogens is 1. The molecule has 1 saturated heterocycles. The largest absolute Gasteiger partial charge is 0.375 e. The summed E-state index contributed by atoms with van der Waals surface area (Å²) in [5.74, 6) is 1.86. The molecule has 7 heteroatoms. The maximum atomic E-state index is 5.60. The van der Waals surface area contributed by atoms with Crippen LogP contribution in [0, 0.1) is 0 Å². The first kappa shape index (κ1) is 20.6. The Labute approximate surface area is 175 Å². The van der Waals surface area contributed by atoms with Gasteiger partial charge < -0.3 is 19.9 Å². The van der Waals surface area contributed by atoms with Gasteiger partial charge >= 0.3 is 0 Å². The number of nitrogens with zero attached hydrogens (tertiary/aromatic N) is 4. The van der Waals surface area contributed by atoms with Gasteiger partial charge in [-0.05, 0) is 30.2 Å². The van der Waals surface area contributed by atoms with Gasteiger partial charge in [0, 0.05) is 50.9 Å². The molecule has 28 heavy (non-hydrogen) atoms. The molecule has 2 aromatic rings. The number of rotatable bonds is 5. The highest BCUT2D eigenvalue weighted by Gasteiger charge is 2.17. The molecule has 3 rings (SSSR count). The Morgan fingerprint density at radius 2 is 2.18 bits per heavy atom. The van der Waals surface area contributed by atoms with E-state index in [-0.39, 0.29) is 6.10 Å². The third-order valence-electron chi connectivity index (χ3n) is 4.76. The number of hydrogen-bond acceptors (Lipinski definition) is 4. The molecule has 0 amide bonds. The van der Waals surface area contributed by atoms with Gasteiger partial charge in [0.25, 0.3) is 0 Å². The average Bonchev–Trinajstić information content (AvgIpc) is 2.71. The summed E-state index contributed by atoms with van der Waals surface area (Å²) in [5, 5.41) is 3.42. The number of anilines is 1. The number of halogens is 1. The van der Waals surface area contributed by atoms with Gasteiger partial charge in [0.05, 0.1) is 12.7 Å². The molecule has 1 N–H and O–H groups in total. The Kier molecular flexibility index (Phi) is 7.28. The predicted molar refractivity (Wildman–Crippen MR) is 118 cm³/mol. The molecular formula is C21H28BrN5O. The van der Waals surface area contributed by atoms with Crippen molar-refractivity contribution in [1.82, 2.24) is 15.2 Å². The summed E-state index contributed by atoms with van der Waals surface area (Å²) < 4.78 is 6.71. The molecule has 2 heterocycles. The van der Waals surface area contributed by atoms with E-state index in [1.165, 1.54) is 5.56 Å². The molecule has 1 aliphatic heterocycles. The van der Waals surface area contributed by atoms with Crippen molar-refractivity contribution in [1.29, 1.82) is 0 Å². The maximum absolute atomic E-state index is 5.60. The van der Waals surface area contributed by atoms with E-state index in [1.807, 2.05) is 25.4 Å². The number of aliphatic imine (C=N–C) groups is 1. The first-order valence-electron chi connectivity index (χ1n) is 9.53. The maximum Gasteiger partial charge on any atom is 0.193 e. The third-order valence-corrected chi connectivity index (χ3v) is 5.54. The Bertz CT molecular complexity index is 796. The molecule has 0 bridgehead atoms. The summed E-state index contributed by atoms with van der Waals surface area (Å²) in [7, 11) is 3.84. The van der Waals surface area contributed by atoms with Gasteiger partial charge in [-0.25, -0.2) is 4.98 Å². The first-order chi connectivity index (χ1) is 13.6. The monoisotopic (exact) mass is 445 g/mol. The average molecular weight is 446 g/mol. The fraction of sp³-hybridized carbons (Fsp3) is 0.429. The van der Waals surface area contributed by atoms with Gasteiger partial charge in [-0.1, -0.05) is 40.2 Å². The van der Waals surface area contributed by atoms with Crippen molar-refractivity contribution < 1.29 is 4.74 Å². The number of ether oxygens (including phenoxy) is 1. The standard InChI is InChI=1S/C21H28BrN5O/c1-16-14-27(10-11-28-16)20-9-8-17(12-24-20)13-25-21(23-2)26(3)15-18-6-4-5-7-19(18)22/h4-9,12,16H,10-11,13-15H2,1-3H3,(H,23,25). The summed E-state index contributed by atoms with van der Waals surface area (Å²) in [6.45, 7) is 6.08. The van der Waals surface area contributed by atoms with Crippen LogP contribution in [0.25, 0.3) is 0 Å². The highest BCUT2D eigenvalue weighted by Crippen LogP contribution is 2.18. The summed E-state index contributed by atoms with van der Waals surface area (Å²) >= 11 is 3.61. The zero-order chi connectivity index (χ0) is 19.9. The fourth-order valence-corrected chi connectivity index (χ4v) is 3.67. The van der Waals surface area contributed by atoms with Crippen molar-refractivity contribution in [3.05, 3.63) is 58.2 Å². The van der Waals surface area contributed by atoms with E-state index in [0.717, 1.165) is 48.1 Å². The van der Waals surface area contributed by atoms with Crippen LogP contribution >= 0.6 is 15.9 Å². The molecule has 0 saturated carbocycles. The van der Waals surface area contributed by atoms with Gasteiger partial charge in [0.1, 0.15) is 5.82 Å². The minimum absolute atomic E-state index is 0.250. The van der Waals surface area contributed by atoms with Crippen LogP contribution in [0.15, 0.2) is 52.1 Å². The van der Waals surface area contributed by atoms with E-state index >= 15 is 0 Å². The summed E-state index contributed by atoms with van der Waals surface area (Å²) in [6.07, 6.45) is 2.18. The van der Waals surface area contributed by atoms with Gasteiger partial charge in [0.2, 0.25) is 0 Å². The molecule has 1 atom stereocenters. The molecule has 1 fully saturated rings. The van der Waals surface area contributed by atoms with Crippen LogP contribution in [0.3, 0.4) is 0 Å².